The fourth-order valence-corrected chi connectivity index (χ4v) is 0.635. The molecule has 0 aromatic carbocycles. The minimum absolute atomic E-state index is 0.155. The summed E-state index contributed by atoms with van der Waals surface area (Å²) in [5.74, 6) is -0.291. The van der Waals surface area contributed by atoms with Gasteiger partial charge < -0.3 is 4.74 Å². The second-order valence-electron chi connectivity index (χ2n) is 2.99. The zero-order valence-electron chi connectivity index (χ0n) is 7.59. The minimum Gasteiger partial charge on any atom is -0.458 e. The highest BCUT2D eigenvalue weighted by Crippen LogP contribution is 2.10. The molecule has 0 atom stereocenters. The van der Waals surface area contributed by atoms with Gasteiger partial charge >= 0.3 is 5.97 Å². The zero-order valence-corrected chi connectivity index (χ0v) is 7.59. The fraction of sp³-hybridized carbons (Fsp3) is 0.750. The summed E-state index contributed by atoms with van der Waals surface area (Å²) >= 11 is 0. The predicted octanol–water partition coefficient (Wildman–Crippen LogP) is 1.05. The quantitative estimate of drug-likeness (QED) is 0.361. The van der Waals surface area contributed by atoms with Crippen molar-refractivity contribution in [3.05, 3.63) is 0 Å². The Labute approximate surface area is 71.6 Å². The van der Waals surface area contributed by atoms with Crippen LogP contribution in [0.25, 0.3) is 0 Å². The van der Waals surface area contributed by atoms with Crippen molar-refractivity contribution in [1.29, 1.82) is 0 Å². The van der Waals surface area contributed by atoms with Crippen LogP contribution >= 0.6 is 0 Å². The molecule has 0 saturated heterocycles. The Morgan fingerprint density at radius 1 is 1.58 bits per heavy atom. The lowest BCUT2D eigenvalue weighted by molar-refractivity contribution is -0.155. The molecule has 0 aliphatic heterocycles. The van der Waals surface area contributed by atoms with Crippen LogP contribution in [0.4, 0.5) is 0 Å². The molecule has 12 heavy (non-hydrogen) atoms. The van der Waals surface area contributed by atoms with Gasteiger partial charge in [0, 0.05) is 6.42 Å². The Kier molecular flexibility index (Phi) is 4.22. The van der Waals surface area contributed by atoms with Crippen molar-refractivity contribution in [2.24, 2.45) is 4.99 Å². The summed E-state index contributed by atoms with van der Waals surface area (Å²) in [7, 11) is 0. The molecule has 0 aliphatic rings. The average Bonchev–Trinajstić information content (AvgIpc) is 2.00. The molecule has 0 rings (SSSR count). The molecule has 0 saturated carbocycles. The molecule has 0 amide bonds. The molecular formula is C8H13NO3. The summed E-state index contributed by atoms with van der Waals surface area (Å²) in [6.07, 6.45) is 1.73. The number of hydrogen-bond acceptors (Lipinski definition) is 4. The lowest BCUT2D eigenvalue weighted by Gasteiger charge is -2.21. The number of aliphatic imine (C=N–C) groups is 1. The summed E-state index contributed by atoms with van der Waals surface area (Å²) in [6, 6.07) is 0. The van der Waals surface area contributed by atoms with Crippen molar-refractivity contribution >= 4 is 12.0 Å². The highest BCUT2D eigenvalue weighted by molar-refractivity contribution is 5.69. The van der Waals surface area contributed by atoms with E-state index in [4.69, 9.17) is 4.74 Å². The smallest absolute Gasteiger partial charge is 0.306 e. The van der Waals surface area contributed by atoms with Gasteiger partial charge in [-0.3, -0.25) is 4.79 Å². The summed E-state index contributed by atoms with van der Waals surface area (Å²) in [5.41, 5.74) is -0.704. The standard InChI is InChI=1S/C8H13NO3/c1-4-7(11)12-8(2,3)5-9-6-10/h4-5H2,1-3H3. The monoisotopic (exact) mass is 171 g/mol. The van der Waals surface area contributed by atoms with Gasteiger partial charge in [-0.15, -0.1) is 0 Å². The van der Waals surface area contributed by atoms with E-state index in [9.17, 15) is 9.59 Å². The van der Waals surface area contributed by atoms with Gasteiger partial charge in [-0.1, -0.05) is 6.92 Å². The summed E-state index contributed by atoms with van der Waals surface area (Å²) < 4.78 is 4.98. The maximum atomic E-state index is 10.8. The summed E-state index contributed by atoms with van der Waals surface area (Å²) in [4.78, 5) is 24.0. The lowest BCUT2D eigenvalue weighted by Crippen LogP contribution is -2.30. The van der Waals surface area contributed by atoms with Crippen molar-refractivity contribution in [2.45, 2.75) is 32.8 Å². The minimum atomic E-state index is -0.704. The molecule has 0 aromatic heterocycles. The third-order valence-electron chi connectivity index (χ3n) is 1.20. The van der Waals surface area contributed by atoms with Crippen LogP contribution in [-0.2, 0) is 14.3 Å². The van der Waals surface area contributed by atoms with E-state index in [1.165, 1.54) is 6.08 Å². The molecule has 0 heterocycles. The molecule has 0 N–H and O–H groups in total. The lowest BCUT2D eigenvalue weighted by atomic mass is 10.1. The van der Waals surface area contributed by atoms with E-state index in [1.807, 2.05) is 0 Å². The Morgan fingerprint density at radius 3 is 2.58 bits per heavy atom. The van der Waals surface area contributed by atoms with Crippen LogP contribution in [0.3, 0.4) is 0 Å². The largest absolute Gasteiger partial charge is 0.458 e. The van der Waals surface area contributed by atoms with Crippen molar-refractivity contribution < 1.29 is 14.3 Å². The second kappa shape index (κ2) is 4.67. The van der Waals surface area contributed by atoms with Gasteiger partial charge in [0.05, 0.1) is 6.54 Å². The maximum Gasteiger partial charge on any atom is 0.306 e. The Bertz CT molecular complexity index is 204. The molecule has 4 nitrogen and oxygen atoms in total. The van der Waals surface area contributed by atoms with Gasteiger partial charge in [0.25, 0.3) is 0 Å². The second-order valence-corrected chi connectivity index (χ2v) is 2.99. The number of nitrogens with zero attached hydrogens (tertiary/aromatic N) is 1. The molecule has 68 valence electrons. The van der Waals surface area contributed by atoms with Crippen LogP contribution in [0.2, 0.25) is 0 Å². The zero-order chi connectivity index (χ0) is 9.61. The normalized spacial score (nSPS) is 10.2. The van der Waals surface area contributed by atoms with E-state index < -0.39 is 5.60 Å². The molecule has 0 bridgehead atoms. The fourth-order valence-electron chi connectivity index (χ4n) is 0.635. The predicted molar refractivity (Wildman–Crippen MR) is 43.5 cm³/mol. The van der Waals surface area contributed by atoms with Crippen molar-refractivity contribution in [3.63, 3.8) is 0 Å². The van der Waals surface area contributed by atoms with Crippen molar-refractivity contribution in [3.8, 4) is 0 Å². The molecule has 0 aromatic rings. The van der Waals surface area contributed by atoms with Gasteiger partial charge in [-0.2, -0.15) is 0 Å². The van der Waals surface area contributed by atoms with Crippen LogP contribution < -0.4 is 0 Å². The number of rotatable bonds is 4. The number of carbonyl (C=O) groups is 1. The van der Waals surface area contributed by atoms with E-state index >= 15 is 0 Å². The van der Waals surface area contributed by atoms with Gasteiger partial charge in [0.2, 0.25) is 6.08 Å². The molecule has 0 unspecified atom stereocenters. The highest BCUT2D eigenvalue weighted by Gasteiger charge is 2.21. The number of isocyanates is 1. The molecular weight excluding hydrogens is 158 g/mol. The number of esters is 1. The Morgan fingerprint density at radius 2 is 2.17 bits per heavy atom. The van der Waals surface area contributed by atoms with E-state index in [0.717, 1.165) is 0 Å². The molecule has 0 spiro atoms. The summed E-state index contributed by atoms with van der Waals surface area (Å²) in [6.45, 7) is 5.26. The van der Waals surface area contributed by atoms with Crippen molar-refractivity contribution in [2.75, 3.05) is 6.54 Å². The van der Waals surface area contributed by atoms with E-state index in [2.05, 4.69) is 4.99 Å². The SMILES string of the molecule is CCC(=O)OC(C)(C)CN=C=O. The molecule has 4 heteroatoms. The van der Waals surface area contributed by atoms with E-state index in [1.54, 1.807) is 20.8 Å². The van der Waals surface area contributed by atoms with Crippen LogP contribution in [0.15, 0.2) is 4.99 Å². The first-order valence-electron chi connectivity index (χ1n) is 3.77. The maximum absolute atomic E-state index is 10.8. The van der Waals surface area contributed by atoms with Crippen LogP contribution in [0.1, 0.15) is 27.2 Å². The first-order chi connectivity index (χ1) is 5.52. The molecule has 0 fully saturated rings. The first-order valence-corrected chi connectivity index (χ1v) is 3.77. The van der Waals surface area contributed by atoms with Gasteiger partial charge in [0.15, 0.2) is 0 Å². The summed E-state index contributed by atoms with van der Waals surface area (Å²) in [5, 5.41) is 0. The van der Waals surface area contributed by atoms with Crippen LogP contribution in [0.5, 0.6) is 0 Å². The topological polar surface area (TPSA) is 55.7 Å². The van der Waals surface area contributed by atoms with Crippen LogP contribution in [0, 0.1) is 0 Å². The highest BCUT2D eigenvalue weighted by atomic mass is 16.6. The third-order valence-corrected chi connectivity index (χ3v) is 1.20. The number of carbonyl (C=O) groups excluding carboxylic acids is 2. The van der Waals surface area contributed by atoms with Gasteiger partial charge in [0.1, 0.15) is 5.60 Å². The molecule has 0 radical (unpaired) electrons. The Balaban J connectivity index is 4.02. The van der Waals surface area contributed by atoms with Gasteiger partial charge in [-0.05, 0) is 13.8 Å². The van der Waals surface area contributed by atoms with E-state index in [0.29, 0.717) is 6.42 Å². The van der Waals surface area contributed by atoms with E-state index in [-0.39, 0.29) is 12.5 Å². The average molecular weight is 171 g/mol. The molecule has 0 aliphatic carbocycles. The number of hydrogen-bond donors (Lipinski definition) is 0. The third kappa shape index (κ3) is 4.63. The van der Waals surface area contributed by atoms with Gasteiger partial charge in [-0.25, -0.2) is 9.79 Å². The number of ether oxygens (including phenoxy) is 1. The van der Waals surface area contributed by atoms with Crippen molar-refractivity contribution in [1.82, 2.24) is 0 Å². The first kappa shape index (κ1) is 10.8. The Hall–Kier alpha value is -1.15. The van der Waals surface area contributed by atoms with Crippen LogP contribution in [-0.4, -0.2) is 24.2 Å².